The molecular formula is C16H17N3O. The van der Waals surface area contributed by atoms with Crippen molar-refractivity contribution in [3.63, 3.8) is 0 Å². The number of aromatic amines is 1. The number of aryl methyl sites for hydroxylation is 2. The molecule has 1 amide bonds. The maximum absolute atomic E-state index is 11.5. The van der Waals surface area contributed by atoms with Gasteiger partial charge in [-0.15, -0.1) is 0 Å². The topological polar surface area (TPSA) is 68.7 Å². The molecule has 4 nitrogen and oxygen atoms in total. The average Bonchev–Trinajstić information content (AvgIpc) is 2.76. The number of carbonyl (C=O) groups is 1. The Bertz CT molecular complexity index is 708. The summed E-state index contributed by atoms with van der Waals surface area (Å²) < 4.78 is 0. The summed E-state index contributed by atoms with van der Waals surface area (Å²) >= 11 is 0. The van der Waals surface area contributed by atoms with Crippen LogP contribution in [0.2, 0.25) is 0 Å². The fourth-order valence-corrected chi connectivity index (χ4v) is 3.02. The molecule has 2 N–H and O–H groups in total. The largest absolute Gasteiger partial charge is 0.358 e. The Morgan fingerprint density at radius 3 is 3.20 bits per heavy atom. The Morgan fingerprint density at radius 1 is 1.55 bits per heavy atom. The molecule has 0 spiro atoms. The monoisotopic (exact) mass is 267 g/mol. The van der Waals surface area contributed by atoms with Crippen LogP contribution in [-0.4, -0.2) is 16.9 Å². The van der Waals surface area contributed by atoms with Crippen LogP contribution in [0.1, 0.15) is 29.7 Å². The van der Waals surface area contributed by atoms with Gasteiger partial charge < -0.3 is 10.3 Å². The first-order valence-corrected chi connectivity index (χ1v) is 6.94. The molecule has 1 heterocycles. The Kier molecular flexibility index (Phi) is 3.19. The minimum Gasteiger partial charge on any atom is -0.358 e. The predicted octanol–water partition coefficient (Wildman–Crippen LogP) is 2.36. The van der Waals surface area contributed by atoms with Crippen LogP contribution >= 0.6 is 0 Å². The zero-order chi connectivity index (χ0) is 14.1. The van der Waals surface area contributed by atoms with Gasteiger partial charge in [0.15, 0.2) is 0 Å². The normalized spacial score (nSPS) is 17.5. The number of nitrogens with zero attached hydrogens (tertiary/aromatic N) is 1. The van der Waals surface area contributed by atoms with E-state index in [1.807, 2.05) is 6.07 Å². The molecule has 0 bridgehead atoms. The highest BCUT2D eigenvalue weighted by Gasteiger charge is 2.23. The second-order valence-corrected chi connectivity index (χ2v) is 5.47. The van der Waals surface area contributed by atoms with Gasteiger partial charge in [0, 0.05) is 29.1 Å². The number of fused-ring (bicyclic) bond motifs is 3. The average molecular weight is 267 g/mol. The quantitative estimate of drug-likeness (QED) is 0.877. The summed E-state index contributed by atoms with van der Waals surface area (Å²) in [5.41, 5.74) is 5.04. The maximum Gasteiger partial charge on any atom is 0.234 e. The van der Waals surface area contributed by atoms with Crippen molar-refractivity contribution in [2.45, 2.75) is 38.6 Å². The minimum absolute atomic E-state index is 0.0603. The van der Waals surface area contributed by atoms with E-state index in [4.69, 9.17) is 5.26 Å². The summed E-state index contributed by atoms with van der Waals surface area (Å²) in [7, 11) is 0. The van der Waals surface area contributed by atoms with Gasteiger partial charge in [0.1, 0.15) is 6.42 Å². The van der Waals surface area contributed by atoms with Crippen LogP contribution in [0.15, 0.2) is 18.2 Å². The summed E-state index contributed by atoms with van der Waals surface area (Å²) in [6.45, 7) is 2.10. The zero-order valence-corrected chi connectivity index (χ0v) is 11.5. The molecule has 0 radical (unpaired) electrons. The molecule has 3 rings (SSSR count). The van der Waals surface area contributed by atoms with E-state index in [9.17, 15) is 4.79 Å². The SMILES string of the molecule is Cc1ccc2[nH]c3c(c2c1)CCC(NC(=O)CC#N)C3. The molecule has 0 saturated carbocycles. The lowest BCUT2D eigenvalue weighted by molar-refractivity contribution is -0.120. The van der Waals surface area contributed by atoms with Crippen LogP contribution in [-0.2, 0) is 17.6 Å². The molecule has 1 unspecified atom stereocenters. The number of hydrogen-bond acceptors (Lipinski definition) is 2. The van der Waals surface area contributed by atoms with E-state index in [0.29, 0.717) is 0 Å². The van der Waals surface area contributed by atoms with E-state index >= 15 is 0 Å². The molecule has 0 saturated heterocycles. The fraction of sp³-hybridized carbons (Fsp3) is 0.375. The Labute approximate surface area is 117 Å². The lowest BCUT2D eigenvalue weighted by Gasteiger charge is -2.23. The Balaban J connectivity index is 1.83. The Hall–Kier alpha value is -2.28. The van der Waals surface area contributed by atoms with Gasteiger partial charge in [-0.05, 0) is 37.5 Å². The van der Waals surface area contributed by atoms with Crippen LogP contribution < -0.4 is 5.32 Å². The van der Waals surface area contributed by atoms with E-state index in [1.165, 1.54) is 27.7 Å². The van der Waals surface area contributed by atoms with E-state index in [1.54, 1.807) is 0 Å². The van der Waals surface area contributed by atoms with Crippen molar-refractivity contribution in [2.75, 3.05) is 0 Å². The Morgan fingerprint density at radius 2 is 2.40 bits per heavy atom. The molecular weight excluding hydrogens is 250 g/mol. The molecule has 2 aromatic rings. The van der Waals surface area contributed by atoms with Crippen LogP contribution in [0, 0.1) is 18.3 Å². The maximum atomic E-state index is 11.5. The van der Waals surface area contributed by atoms with Crippen molar-refractivity contribution in [3.05, 3.63) is 35.0 Å². The molecule has 1 aromatic heterocycles. The van der Waals surface area contributed by atoms with Gasteiger partial charge in [0.05, 0.1) is 6.07 Å². The standard InChI is InChI=1S/C16H17N3O/c1-10-2-5-14-13(8-10)12-4-3-11(9-15(12)19-14)18-16(20)6-7-17/h2,5,8,11,19H,3-4,6,9H2,1H3,(H,18,20). The van der Waals surface area contributed by atoms with E-state index in [2.05, 4.69) is 35.4 Å². The molecule has 102 valence electrons. The second-order valence-electron chi connectivity index (χ2n) is 5.47. The number of benzene rings is 1. The number of H-pyrrole nitrogens is 1. The van der Waals surface area contributed by atoms with Crippen LogP contribution in [0.4, 0.5) is 0 Å². The number of nitriles is 1. The lowest BCUT2D eigenvalue weighted by atomic mass is 9.91. The predicted molar refractivity (Wildman–Crippen MR) is 77.2 cm³/mol. The van der Waals surface area contributed by atoms with E-state index in [-0.39, 0.29) is 18.4 Å². The van der Waals surface area contributed by atoms with Gasteiger partial charge in [0.25, 0.3) is 0 Å². The van der Waals surface area contributed by atoms with Crippen molar-refractivity contribution < 1.29 is 4.79 Å². The fourth-order valence-electron chi connectivity index (χ4n) is 3.02. The van der Waals surface area contributed by atoms with Gasteiger partial charge in [-0.3, -0.25) is 4.79 Å². The summed E-state index contributed by atoms with van der Waals surface area (Å²) in [5.74, 6) is -0.173. The highest BCUT2D eigenvalue weighted by Crippen LogP contribution is 2.29. The molecule has 1 atom stereocenters. The molecule has 1 aromatic carbocycles. The first-order chi connectivity index (χ1) is 9.67. The van der Waals surface area contributed by atoms with Gasteiger partial charge in [-0.1, -0.05) is 11.6 Å². The van der Waals surface area contributed by atoms with Crippen LogP contribution in [0.25, 0.3) is 10.9 Å². The van der Waals surface area contributed by atoms with Crippen LogP contribution in [0.3, 0.4) is 0 Å². The highest BCUT2D eigenvalue weighted by molar-refractivity contribution is 5.85. The third-order valence-corrected chi connectivity index (χ3v) is 3.95. The minimum atomic E-state index is -0.173. The van der Waals surface area contributed by atoms with Crippen molar-refractivity contribution in [1.29, 1.82) is 5.26 Å². The first kappa shape index (κ1) is 12.7. The van der Waals surface area contributed by atoms with E-state index in [0.717, 1.165) is 19.3 Å². The van der Waals surface area contributed by atoms with Gasteiger partial charge in [0.2, 0.25) is 5.91 Å². The number of nitrogens with one attached hydrogen (secondary N) is 2. The molecule has 4 heteroatoms. The molecule has 1 aliphatic carbocycles. The molecule has 1 aliphatic rings. The van der Waals surface area contributed by atoms with Gasteiger partial charge in [-0.25, -0.2) is 0 Å². The lowest BCUT2D eigenvalue weighted by Crippen LogP contribution is -2.38. The molecule has 0 aliphatic heterocycles. The summed E-state index contributed by atoms with van der Waals surface area (Å²) in [6, 6.07) is 8.47. The summed E-state index contributed by atoms with van der Waals surface area (Å²) in [5, 5.41) is 12.8. The highest BCUT2D eigenvalue weighted by atomic mass is 16.1. The first-order valence-electron chi connectivity index (χ1n) is 6.94. The number of amides is 1. The van der Waals surface area contributed by atoms with Crippen molar-refractivity contribution in [3.8, 4) is 6.07 Å². The van der Waals surface area contributed by atoms with E-state index < -0.39 is 0 Å². The molecule has 0 fully saturated rings. The second kappa shape index (κ2) is 5.01. The molecule has 20 heavy (non-hydrogen) atoms. The third-order valence-electron chi connectivity index (χ3n) is 3.95. The third kappa shape index (κ3) is 2.27. The van der Waals surface area contributed by atoms with Crippen LogP contribution in [0.5, 0.6) is 0 Å². The number of carbonyl (C=O) groups excluding carboxylic acids is 1. The number of rotatable bonds is 2. The summed E-state index contributed by atoms with van der Waals surface area (Å²) in [4.78, 5) is 15.0. The summed E-state index contributed by atoms with van der Waals surface area (Å²) in [6.07, 6.45) is 2.66. The van der Waals surface area contributed by atoms with Crippen molar-refractivity contribution in [2.24, 2.45) is 0 Å². The number of aromatic nitrogens is 1. The number of hydrogen-bond donors (Lipinski definition) is 2. The smallest absolute Gasteiger partial charge is 0.234 e. The van der Waals surface area contributed by atoms with Gasteiger partial charge in [-0.2, -0.15) is 5.26 Å². The van der Waals surface area contributed by atoms with Crippen molar-refractivity contribution >= 4 is 16.8 Å². The van der Waals surface area contributed by atoms with Gasteiger partial charge >= 0.3 is 0 Å². The van der Waals surface area contributed by atoms with Crippen molar-refractivity contribution in [1.82, 2.24) is 10.3 Å². The zero-order valence-electron chi connectivity index (χ0n) is 11.5.